The van der Waals surface area contributed by atoms with E-state index in [1.165, 1.54) is 0 Å². The van der Waals surface area contributed by atoms with Gasteiger partial charge in [0.05, 0.1) is 5.56 Å². The molecule has 2 heterocycles. The third kappa shape index (κ3) is 2.91. The number of likely N-dealkylation sites (N-methyl/N-ethyl adjacent to an activating group) is 1. The van der Waals surface area contributed by atoms with Gasteiger partial charge in [0, 0.05) is 31.4 Å². The fourth-order valence-corrected chi connectivity index (χ4v) is 2.35. The number of pyridine rings is 1. The second-order valence-electron chi connectivity index (χ2n) is 5.48. The van der Waals surface area contributed by atoms with Crippen molar-refractivity contribution in [1.29, 1.82) is 0 Å². The van der Waals surface area contributed by atoms with Gasteiger partial charge in [-0.3, -0.25) is 4.79 Å². The Hall–Kier alpha value is -2.80. The molecule has 1 aromatic carbocycles. The van der Waals surface area contributed by atoms with Crippen LogP contribution in [0.15, 0.2) is 36.5 Å². The topological polar surface area (TPSA) is 85.1 Å². The monoisotopic (exact) mass is 311 g/mol. The third-order valence-corrected chi connectivity index (χ3v) is 3.53. The molecule has 0 aliphatic heterocycles. The molecular formula is C16H17N5O2. The number of benzene rings is 1. The molecule has 0 saturated carbocycles. The van der Waals surface area contributed by atoms with E-state index in [1.54, 1.807) is 36.5 Å². The summed E-state index contributed by atoms with van der Waals surface area (Å²) in [5.41, 5.74) is 1.79. The van der Waals surface area contributed by atoms with Crippen molar-refractivity contribution >= 4 is 28.1 Å². The van der Waals surface area contributed by atoms with Gasteiger partial charge in [0.15, 0.2) is 5.52 Å². The predicted molar refractivity (Wildman–Crippen MR) is 86.9 cm³/mol. The first-order valence-corrected chi connectivity index (χ1v) is 7.28. The number of aromatic nitrogens is 3. The van der Waals surface area contributed by atoms with Gasteiger partial charge in [0.1, 0.15) is 0 Å². The summed E-state index contributed by atoms with van der Waals surface area (Å²) in [6.07, 6.45) is 1.57. The Kier molecular flexibility index (Phi) is 4.03. The summed E-state index contributed by atoms with van der Waals surface area (Å²) in [4.78, 5) is 22.9. The summed E-state index contributed by atoms with van der Waals surface area (Å²) in [7, 11) is 3.87. The zero-order chi connectivity index (χ0) is 16.4. The van der Waals surface area contributed by atoms with E-state index < -0.39 is 0 Å². The number of para-hydroxylation sites is 1. The van der Waals surface area contributed by atoms with Crippen LogP contribution in [0.1, 0.15) is 10.4 Å². The number of nitrogens with one attached hydrogen (secondary N) is 1. The molecule has 3 aromatic rings. The summed E-state index contributed by atoms with van der Waals surface area (Å²) >= 11 is 0. The van der Waals surface area contributed by atoms with E-state index in [0.29, 0.717) is 34.3 Å². The van der Waals surface area contributed by atoms with Crippen LogP contribution in [0.5, 0.6) is 0 Å². The fourth-order valence-electron chi connectivity index (χ4n) is 2.35. The van der Waals surface area contributed by atoms with Crippen LogP contribution >= 0.6 is 0 Å². The summed E-state index contributed by atoms with van der Waals surface area (Å²) < 4.78 is 0.765. The molecule has 0 bridgehead atoms. The molecule has 1 amide bonds. The lowest BCUT2D eigenvalue weighted by Gasteiger charge is -2.11. The third-order valence-electron chi connectivity index (χ3n) is 3.53. The first kappa shape index (κ1) is 15.1. The molecule has 0 radical (unpaired) electrons. The van der Waals surface area contributed by atoms with E-state index >= 15 is 0 Å². The van der Waals surface area contributed by atoms with Crippen LogP contribution in [0, 0.1) is 5.21 Å². The average Bonchev–Trinajstić information content (AvgIpc) is 2.54. The van der Waals surface area contributed by atoms with Crippen molar-refractivity contribution in [2.24, 2.45) is 0 Å². The molecule has 0 aliphatic carbocycles. The van der Waals surface area contributed by atoms with E-state index in [1.807, 2.05) is 19.0 Å². The summed E-state index contributed by atoms with van der Waals surface area (Å²) in [5.74, 6) is -0.250. The number of hydrogen-bond donors (Lipinski definition) is 1. The van der Waals surface area contributed by atoms with E-state index in [4.69, 9.17) is 0 Å². The molecule has 23 heavy (non-hydrogen) atoms. The molecule has 0 spiro atoms. The van der Waals surface area contributed by atoms with Crippen LogP contribution in [0.4, 0.5) is 0 Å². The van der Waals surface area contributed by atoms with E-state index in [-0.39, 0.29) is 5.91 Å². The van der Waals surface area contributed by atoms with Crippen LogP contribution in [0.2, 0.25) is 0 Å². The Morgan fingerprint density at radius 3 is 2.83 bits per heavy atom. The highest BCUT2D eigenvalue weighted by Gasteiger charge is 2.18. The summed E-state index contributed by atoms with van der Waals surface area (Å²) in [6.45, 7) is 1.25. The number of hydrogen-bond acceptors (Lipinski definition) is 5. The minimum absolute atomic E-state index is 0.250. The molecule has 7 nitrogen and oxygen atoms in total. The summed E-state index contributed by atoms with van der Waals surface area (Å²) in [6, 6.07) is 8.34. The van der Waals surface area contributed by atoms with Crippen molar-refractivity contribution in [3.05, 3.63) is 47.3 Å². The normalized spacial score (nSPS) is 11.3. The average molecular weight is 311 g/mol. The van der Waals surface area contributed by atoms with Crippen molar-refractivity contribution in [3.63, 3.8) is 0 Å². The number of amides is 1. The number of fused-ring (bicyclic) bond motifs is 2. The van der Waals surface area contributed by atoms with Gasteiger partial charge in [-0.1, -0.05) is 6.07 Å². The van der Waals surface area contributed by atoms with Gasteiger partial charge in [0.25, 0.3) is 11.4 Å². The van der Waals surface area contributed by atoms with Gasteiger partial charge in [0.2, 0.25) is 11.2 Å². The molecular weight excluding hydrogens is 294 g/mol. The highest BCUT2D eigenvalue weighted by Crippen LogP contribution is 2.16. The van der Waals surface area contributed by atoms with Crippen molar-refractivity contribution < 1.29 is 9.52 Å². The largest absolute Gasteiger partial charge is 0.618 e. The fraction of sp³-hybridized carbons (Fsp3) is 0.250. The quantitative estimate of drug-likeness (QED) is 0.436. The Labute approximate surface area is 133 Å². The Morgan fingerprint density at radius 2 is 2.04 bits per heavy atom. The number of carbonyl (C=O) groups excluding carboxylic acids is 1. The molecule has 0 atom stereocenters. The first-order chi connectivity index (χ1) is 11.1. The van der Waals surface area contributed by atoms with Gasteiger partial charge in [-0.05, 0) is 26.2 Å². The maximum atomic E-state index is 12.5. The molecule has 0 saturated heterocycles. The van der Waals surface area contributed by atoms with Gasteiger partial charge in [-0.25, -0.2) is 9.97 Å². The van der Waals surface area contributed by atoms with Gasteiger partial charge >= 0.3 is 0 Å². The maximum absolute atomic E-state index is 12.5. The predicted octanol–water partition coefficient (Wildman–Crippen LogP) is 0.708. The number of nitrogens with zero attached hydrogens (tertiary/aromatic N) is 4. The van der Waals surface area contributed by atoms with Crippen molar-refractivity contribution in [1.82, 2.24) is 20.2 Å². The van der Waals surface area contributed by atoms with Crippen LogP contribution in [-0.4, -0.2) is 48.0 Å². The van der Waals surface area contributed by atoms with E-state index in [0.717, 1.165) is 11.3 Å². The standard InChI is InChI=1S/C16H17N5O2/c1-20(2)10-9-18-16(22)11-5-3-6-12-14(11)19-15-13(21(12)23)7-4-8-17-15/h3-8H,9-10H2,1-2H3,(H,18,22). The van der Waals surface area contributed by atoms with Crippen molar-refractivity contribution in [2.75, 3.05) is 27.2 Å². The van der Waals surface area contributed by atoms with Gasteiger partial charge < -0.3 is 15.4 Å². The lowest BCUT2D eigenvalue weighted by atomic mass is 10.1. The first-order valence-electron chi connectivity index (χ1n) is 7.28. The van der Waals surface area contributed by atoms with Gasteiger partial charge in [-0.2, -0.15) is 4.73 Å². The Bertz CT molecular complexity index is 879. The van der Waals surface area contributed by atoms with Crippen molar-refractivity contribution in [3.8, 4) is 0 Å². The molecule has 2 aromatic heterocycles. The molecule has 0 aliphatic rings. The maximum Gasteiger partial charge on any atom is 0.262 e. The second-order valence-corrected chi connectivity index (χ2v) is 5.48. The molecule has 3 rings (SSSR count). The number of rotatable bonds is 4. The highest BCUT2D eigenvalue weighted by atomic mass is 16.5. The molecule has 0 unspecified atom stereocenters. The lowest BCUT2D eigenvalue weighted by Crippen LogP contribution is -2.33. The lowest BCUT2D eigenvalue weighted by molar-refractivity contribution is -0.548. The minimum Gasteiger partial charge on any atom is -0.618 e. The summed E-state index contributed by atoms with van der Waals surface area (Å²) in [5, 5.41) is 15.3. The van der Waals surface area contributed by atoms with E-state index in [9.17, 15) is 10.0 Å². The van der Waals surface area contributed by atoms with Crippen molar-refractivity contribution in [2.45, 2.75) is 0 Å². The molecule has 1 N–H and O–H groups in total. The van der Waals surface area contributed by atoms with Gasteiger partial charge in [-0.15, -0.1) is 0 Å². The zero-order valence-electron chi connectivity index (χ0n) is 13.0. The molecule has 0 fully saturated rings. The van der Waals surface area contributed by atoms with Crippen LogP contribution in [0.25, 0.3) is 22.2 Å². The molecule has 7 heteroatoms. The zero-order valence-corrected chi connectivity index (χ0v) is 13.0. The number of carbonyl (C=O) groups is 1. The SMILES string of the molecule is CN(C)CCNC(=O)c1cccc2c1nc1ncccc1[n+]2[O-]. The molecule has 118 valence electrons. The smallest absolute Gasteiger partial charge is 0.262 e. The van der Waals surface area contributed by atoms with E-state index in [2.05, 4.69) is 15.3 Å². The highest BCUT2D eigenvalue weighted by molar-refractivity contribution is 6.04. The Morgan fingerprint density at radius 1 is 1.26 bits per heavy atom. The minimum atomic E-state index is -0.250. The second kappa shape index (κ2) is 6.13. The van der Waals surface area contributed by atoms with Crippen LogP contribution in [0.3, 0.4) is 0 Å². The van der Waals surface area contributed by atoms with Crippen LogP contribution in [-0.2, 0) is 0 Å². The van der Waals surface area contributed by atoms with Crippen LogP contribution < -0.4 is 10.0 Å². The Balaban J connectivity index is 2.06.